The number of nitrogen functional groups attached to an aromatic ring is 1. The van der Waals surface area contributed by atoms with Crippen LogP contribution in [0.1, 0.15) is 108 Å². The van der Waals surface area contributed by atoms with Crippen LogP contribution in [0.4, 0.5) is 15.8 Å². The molecule has 15 heteroatoms. The molecule has 2 aromatic heterocycles. The minimum absolute atomic E-state index is 0.0241. The molecule has 9 rings (SSSR count). The third-order valence-corrected chi connectivity index (χ3v) is 14.6. The lowest BCUT2D eigenvalue weighted by Gasteiger charge is -2.72. The number of nitro groups is 1. The number of ether oxygens (including phenoxy) is 2. The molecule has 0 unspecified atom stereocenters. The lowest BCUT2D eigenvalue weighted by Crippen LogP contribution is -2.61. The van der Waals surface area contributed by atoms with E-state index >= 15 is 0 Å². The molecule has 1 amide bonds. The number of pyridine rings is 1. The van der Waals surface area contributed by atoms with Crippen molar-refractivity contribution in [3.8, 4) is 11.5 Å². The predicted octanol–water partition coefficient (Wildman–Crippen LogP) is 9.44. The fraction of sp³-hybridized carbons (Fsp3) is 0.522. The number of aromatic amines is 1. The van der Waals surface area contributed by atoms with Gasteiger partial charge in [0, 0.05) is 67.6 Å². The van der Waals surface area contributed by atoms with E-state index in [2.05, 4.69) is 49.5 Å². The van der Waals surface area contributed by atoms with E-state index in [0.717, 1.165) is 22.9 Å². The lowest BCUT2D eigenvalue weighted by atomic mass is 9.33. The number of halogens is 1. The smallest absolute Gasteiger partial charge is 0.273 e. The summed E-state index contributed by atoms with van der Waals surface area (Å²) in [7, 11) is -4.55. The second-order valence-corrected chi connectivity index (χ2v) is 20.4. The molecule has 3 heterocycles. The molecule has 4 aliphatic carbocycles. The summed E-state index contributed by atoms with van der Waals surface area (Å²) in [4.78, 5) is 33.4. The van der Waals surface area contributed by atoms with Gasteiger partial charge in [0.1, 0.15) is 22.8 Å². The van der Waals surface area contributed by atoms with Gasteiger partial charge in [0.05, 0.1) is 21.6 Å². The van der Waals surface area contributed by atoms with Crippen molar-refractivity contribution in [3.63, 3.8) is 0 Å². The molecule has 0 radical (unpaired) electrons. The highest BCUT2D eigenvalue weighted by Crippen LogP contribution is 2.77. The van der Waals surface area contributed by atoms with Crippen LogP contribution in [-0.2, 0) is 21.2 Å². The topological polar surface area (TPSA) is 183 Å². The zero-order chi connectivity index (χ0) is 43.8. The van der Waals surface area contributed by atoms with Crippen LogP contribution in [0.3, 0.4) is 0 Å². The molecule has 0 atom stereocenters. The van der Waals surface area contributed by atoms with Gasteiger partial charge in [-0.2, -0.15) is 0 Å². The third-order valence-electron chi connectivity index (χ3n) is 13.3. The number of hydrogen-bond acceptors (Lipinski definition) is 10. The molecule has 61 heavy (non-hydrogen) atoms. The minimum Gasteiger partial charge on any atom is -0.455 e. The standard InChI is InChI=1S/C27H26FN5O7S.C19H33N/c28-27(8-11-39-12-9-27)7-5-17-1-3-21(15-23(17)33(35)36)41(37,38)32-26(34)22-4-2-19(29)14-24(22)40-20-13-18-6-10-30-25(18)31-16-20;1-6-20(7-2)11-15-8-9-17(3,4)10-16(15)19-12-18(5,13-19)14-19/h1-4,6,10,13-16H,5,7-9,11-12,29H2,(H,30,31)(H,32,34);6-14H2,1-5H3. The van der Waals surface area contributed by atoms with Gasteiger partial charge in [-0.1, -0.05) is 51.8 Å². The number of carbonyl (C=O) groups is 1. The second-order valence-electron chi connectivity index (χ2n) is 18.7. The van der Waals surface area contributed by atoms with Crippen LogP contribution < -0.4 is 15.2 Å². The summed E-state index contributed by atoms with van der Waals surface area (Å²) in [6.45, 7) is 16.2. The van der Waals surface area contributed by atoms with Gasteiger partial charge in [0.25, 0.3) is 21.6 Å². The number of sulfonamides is 1. The molecule has 1 aliphatic heterocycles. The molecule has 5 aliphatic rings. The number of allylic oxidation sites excluding steroid dienone is 1. The van der Waals surface area contributed by atoms with Crippen LogP contribution in [0.15, 0.2) is 77.0 Å². The Hall–Kier alpha value is -4.86. The Morgan fingerprint density at radius 2 is 1.77 bits per heavy atom. The highest BCUT2D eigenvalue weighted by molar-refractivity contribution is 7.90. The van der Waals surface area contributed by atoms with Crippen molar-refractivity contribution in [1.29, 1.82) is 0 Å². The van der Waals surface area contributed by atoms with Crippen molar-refractivity contribution in [3.05, 3.63) is 93.3 Å². The lowest BCUT2D eigenvalue weighted by molar-refractivity contribution is -0.385. The molecule has 3 saturated carbocycles. The highest BCUT2D eigenvalue weighted by Gasteiger charge is 2.66. The Kier molecular flexibility index (Phi) is 12.4. The molecular weight excluding hydrogens is 800 g/mol. The molecule has 4 fully saturated rings. The number of likely N-dealkylation sites (N-methyl/N-ethyl adjacent to an activating group) is 1. The van der Waals surface area contributed by atoms with E-state index in [1.165, 1.54) is 88.6 Å². The number of rotatable bonds is 14. The number of aryl methyl sites for hydroxylation is 1. The molecule has 0 spiro atoms. The van der Waals surface area contributed by atoms with Crippen molar-refractivity contribution in [2.24, 2.45) is 16.2 Å². The zero-order valence-electron chi connectivity index (χ0n) is 35.9. The molecule has 328 valence electrons. The molecule has 2 bridgehead atoms. The summed E-state index contributed by atoms with van der Waals surface area (Å²) in [6, 6.07) is 10.8. The molecule has 4 aromatic rings. The van der Waals surface area contributed by atoms with Gasteiger partial charge in [-0.15, -0.1) is 0 Å². The summed E-state index contributed by atoms with van der Waals surface area (Å²) < 4.78 is 54.1. The number of aromatic nitrogens is 2. The summed E-state index contributed by atoms with van der Waals surface area (Å²) in [5.41, 5.74) is 10.5. The average Bonchev–Trinajstić information content (AvgIpc) is 3.66. The first-order chi connectivity index (χ1) is 28.8. The number of anilines is 1. The van der Waals surface area contributed by atoms with Crippen LogP contribution in [0, 0.1) is 26.4 Å². The van der Waals surface area contributed by atoms with E-state index in [-0.39, 0.29) is 67.2 Å². The van der Waals surface area contributed by atoms with Gasteiger partial charge in [-0.3, -0.25) is 19.8 Å². The highest BCUT2D eigenvalue weighted by atomic mass is 32.2. The minimum atomic E-state index is -4.55. The van der Waals surface area contributed by atoms with Crippen LogP contribution in [0.5, 0.6) is 11.5 Å². The number of carbonyl (C=O) groups excluding carboxylic acids is 1. The SMILES string of the molecule is CCN(CC)CC1=C(C23CC(C)(C2)C3)CC(C)(C)CC1.Nc1ccc(C(=O)NS(=O)(=O)c2ccc(CCC3(F)CCOCC3)c([N+](=O)[O-])c2)c(Oc2cnc3[nH]ccc3c2)c1. The van der Waals surface area contributed by atoms with E-state index in [0.29, 0.717) is 16.5 Å². The predicted molar refractivity (Wildman–Crippen MR) is 234 cm³/mol. The van der Waals surface area contributed by atoms with Crippen LogP contribution in [0.25, 0.3) is 11.0 Å². The summed E-state index contributed by atoms with van der Waals surface area (Å²) in [5.74, 6) is -0.785. The number of fused-ring (bicyclic) bond motifs is 1. The van der Waals surface area contributed by atoms with Gasteiger partial charge in [-0.25, -0.2) is 22.5 Å². The van der Waals surface area contributed by atoms with Crippen LogP contribution >= 0.6 is 0 Å². The molecule has 4 N–H and O–H groups in total. The summed E-state index contributed by atoms with van der Waals surface area (Å²) in [6.07, 6.45) is 12.2. The van der Waals surface area contributed by atoms with Crippen molar-refractivity contribution in [2.45, 2.75) is 109 Å². The molecular formula is C46H59FN6O7S. The monoisotopic (exact) mass is 858 g/mol. The number of nitrogens with two attached hydrogens (primary N) is 1. The maximum atomic E-state index is 15.0. The van der Waals surface area contributed by atoms with Gasteiger partial charge in [0.2, 0.25) is 0 Å². The number of H-pyrrole nitrogens is 1. The Bertz CT molecular complexity index is 2420. The van der Waals surface area contributed by atoms with Gasteiger partial charge in [-0.05, 0) is 111 Å². The number of nitrogens with zero attached hydrogens (tertiary/aromatic N) is 3. The molecule has 13 nitrogen and oxygen atoms in total. The quantitative estimate of drug-likeness (QED) is 0.0478. The number of alkyl halides is 1. The second kappa shape index (κ2) is 17.1. The van der Waals surface area contributed by atoms with Crippen molar-refractivity contribution >= 4 is 38.3 Å². The maximum absolute atomic E-state index is 15.0. The average molecular weight is 859 g/mol. The van der Waals surface area contributed by atoms with Crippen molar-refractivity contribution in [2.75, 3.05) is 38.6 Å². The summed E-state index contributed by atoms with van der Waals surface area (Å²) in [5, 5.41) is 12.5. The fourth-order valence-corrected chi connectivity index (χ4v) is 11.0. The van der Waals surface area contributed by atoms with Crippen molar-refractivity contribution < 1.29 is 32.0 Å². The van der Waals surface area contributed by atoms with Gasteiger partial charge >= 0.3 is 0 Å². The Morgan fingerprint density at radius 1 is 1.05 bits per heavy atom. The normalized spacial score (nSPS) is 22.7. The Labute approximate surface area is 357 Å². The Morgan fingerprint density at radius 3 is 2.44 bits per heavy atom. The van der Waals surface area contributed by atoms with Crippen LogP contribution in [0.2, 0.25) is 0 Å². The van der Waals surface area contributed by atoms with E-state index in [9.17, 15) is 27.7 Å². The first-order valence-electron chi connectivity index (χ1n) is 21.4. The molecule has 2 aromatic carbocycles. The fourth-order valence-electron chi connectivity index (χ4n) is 9.99. The van der Waals surface area contributed by atoms with E-state index < -0.39 is 37.1 Å². The number of nitrogens with one attached hydrogen (secondary N) is 2. The third kappa shape index (κ3) is 9.79. The van der Waals surface area contributed by atoms with Gasteiger partial charge < -0.3 is 20.2 Å². The van der Waals surface area contributed by atoms with Crippen molar-refractivity contribution in [1.82, 2.24) is 19.6 Å². The van der Waals surface area contributed by atoms with E-state index in [4.69, 9.17) is 15.2 Å². The Balaban J connectivity index is 0.000000233. The first kappa shape index (κ1) is 44.2. The van der Waals surface area contributed by atoms with E-state index in [1.54, 1.807) is 18.3 Å². The first-order valence-corrected chi connectivity index (χ1v) is 22.9. The summed E-state index contributed by atoms with van der Waals surface area (Å²) >= 11 is 0. The maximum Gasteiger partial charge on any atom is 0.273 e. The number of amides is 1. The zero-order valence-corrected chi connectivity index (χ0v) is 36.8. The van der Waals surface area contributed by atoms with E-state index in [1.807, 2.05) is 15.9 Å². The largest absolute Gasteiger partial charge is 0.455 e. The number of hydrogen-bond donors (Lipinski definition) is 3. The van der Waals surface area contributed by atoms with Gasteiger partial charge in [0.15, 0.2) is 0 Å². The number of nitro benzene ring substituents is 1. The van der Waals surface area contributed by atoms with Crippen LogP contribution in [-0.4, -0.2) is 72.6 Å². The molecule has 1 saturated heterocycles. The number of benzene rings is 2.